The molecule has 0 bridgehead atoms. The van der Waals surface area contributed by atoms with Crippen LogP contribution in [-0.4, -0.2) is 38.0 Å². The first kappa shape index (κ1) is 34.5. The Bertz CT molecular complexity index is 2190. The highest BCUT2D eigenvalue weighted by Gasteiger charge is 2.40. The summed E-state index contributed by atoms with van der Waals surface area (Å²) >= 11 is 12.7. The van der Waals surface area contributed by atoms with Crippen LogP contribution in [0.3, 0.4) is 0 Å². The van der Waals surface area contributed by atoms with Crippen molar-refractivity contribution in [1.82, 2.24) is 5.32 Å². The fraction of sp³-hybridized carbons (Fsp3) is 0.186. The lowest BCUT2D eigenvalue weighted by Gasteiger charge is -2.44. The predicted molar refractivity (Wildman–Crippen MR) is 207 cm³/mol. The highest BCUT2D eigenvalue weighted by molar-refractivity contribution is 6.39. The molecule has 10 heteroatoms. The number of hydrogen-bond acceptors (Lipinski definition) is 6. The van der Waals surface area contributed by atoms with Gasteiger partial charge in [0, 0.05) is 35.6 Å². The van der Waals surface area contributed by atoms with Crippen molar-refractivity contribution in [2.45, 2.75) is 31.3 Å². The fourth-order valence-electron chi connectivity index (χ4n) is 7.73. The first-order chi connectivity index (χ1) is 25.8. The second kappa shape index (κ2) is 14.5. The van der Waals surface area contributed by atoms with Crippen LogP contribution in [0.4, 0.5) is 16.2 Å². The van der Waals surface area contributed by atoms with Crippen LogP contribution in [0.25, 0.3) is 6.08 Å². The Morgan fingerprint density at radius 2 is 1.40 bits per heavy atom. The third-order valence-corrected chi connectivity index (χ3v) is 10.8. The number of methoxy groups -OCH3 is 1. The van der Waals surface area contributed by atoms with Crippen LogP contribution in [0.5, 0.6) is 11.5 Å². The maximum absolute atomic E-state index is 14.4. The Hall–Kier alpha value is -5.57. The lowest BCUT2D eigenvalue weighted by molar-refractivity contribution is -0.122. The number of anilines is 2. The van der Waals surface area contributed by atoms with Gasteiger partial charge < -0.3 is 14.4 Å². The van der Waals surface area contributed by atoms with E-state index in [2.05, 4.69) is 34.5 Å². The minimum Gasteiger partial charge on any atom is -0.493 e. The highest BCUT2D eigenvalue weighted by Crippen LogP contribution is 2.50. The molecule has 266 valence electrons. The number of barbiturate groups is 1. The molecule has 1 saturated heterocycles. The van der Waals surface area contributed by atoms with E-state index in [0.29, 0.717) is 27.8 Å². The molecular weight excluding hydrogens is 709 g/mol. The van der Waals surface area contributed by atoms with Crippen LogP contribution < -0.4 is 24.6 Å². The maximum atomic E-state index is 14.4. The summed E-state index contributed by atoms with van der Waals surface area (Å²) in [4.78, 5) is 44.8. The van der Waals surface area contributed by atoms with Gasteiger partial charge in [0.1, 0.15) is 12.2 Å². The van der Waals surface area contributed by atoms with E-state index in [1.54, 1.807) is 24.3 Å². The summed E-state index contributed by atoms with van der Waals surface area (Å²) in [6, 6.07) is 34.2. The highest BCUT2D eigenvalue weighted by atomic mass is 35.5. The van der Waals surface area contributed by atoms with E-state index in [0.717, 1.165) is 53.2 Å². The SMILES string of the molecule is COc1cc(/C=C2\C(=O)NC(=O)N(c3cc4c5c(c3)[C@@H](c3ccccc3)CCN5CC[C@@H]4c3ccccc3)C2=O)cc(Cl)c1OCc1ccc(Cl)cc1. The summed E-state index contributed by atoms with van der Waals surface area (Å²) < 4.78 is 11.6. The molecule has 8 rings (SSSR count). The number of hydrogen-bond donors (Lipinski definition) is 1. The van der Waals surface area contributed by atoms with Gasteiger partial charge in [-0.05, 0) is 88.7 Å². The predicted octanol–water partition coefficient (Wildman–Crippen LogP) is 9.12. The summed E-state index contributed by atoms with van der Waals surface area (Å²) in [5.74, 6) is -0.799. The van der Waals surface area contributed by atoms with E-state index >= 15 is 0 Å². The average molecular weight is 745 g/mol. The van der Waals surface area contributed by atoms with E-state index in [-0.39, 0.29) is 29.0 Å². The van der Waals surface area contributed by atoms with Gasteiger partial charge in [0.25, 0.3) is 11.8 Å². The quantitative estimate of drug-likeness (QED) is 0.126. The zero-order valence-corrected chi connectivity index (χ0v) is 30.4. The van der Waals surface area contributed by atoms with Crippen molar-refractivity contribution < 1.29 is 23.9 Å². The Morgan fingerprint density at radius 1 is 0.792 bits per heavy atom. The van der Waals surface area contributed by atoms with Crippen molar-refractivity contribution >= 4 is 58.5 Å². The average Bonchev–Trinajstić information content (AvgIpc) is 3.17. The van der Waals surface area contributed by atoms with Gasteiger partial charge in [-0.1, -0.05) is 96.0 Å². The molecule has 1 N–H and O–H groups in total. The van der Waals surface area contributed by atoms with E-state index in [9.17, 15) is 14.4 Å². The lowest BCUT2D eigenvalue weighted by Crippen LogP contribution is -2.54. The van der Waals surface area contributed by atoms with Crippen LogP contribution in [0.2, 0.25) is 10.0 Å². The number of halogens is 2. The zero-order valence-electron chi connectivity index (χ0n) is 28.9. The Balaban J connectivity index is 1.18. The van der Waals surface area contributed by atoms with Crippen molar-refractivity contribution in [3.05, 3.63) is 158 Å². The fourth-order valence-corrected chi connectivity index (χ4v) is 8.13. The lowest BCUT2D eigenvalue weighted by atomic mass is 9.76. The molecule has 0 aromatic heterocycles. The summed E-state index contributed by atoms with van der Waals surface area (Å²) in [5.41, 5.74) is 7.11. The second-order valence-corrected chi connectivity index (χ2v) is 14.2. The number of rotatable bonds is 8. The van der Waals surface area contributed by atoms with Gasteiger partial charge in [-0.15, -0.1) is 0 Å². The van der Waals surface area contributed by atoms with Crippen molar-refractivity contribution in [3.8, 4) is 11.5 Å². The minimum atomic E-state index is -0.804. The number of benzene rings is 5. The second-order valence-electron chi connectivity index (χ2n) is 13.4. The van der Waals surface area contributed by atoms with Gasteiger partial charge in [-0.2, -0.15) is 0 Å². The Labute approximate surface area is 317 Å². The van der Waals surface area contributed by atoms with Crippen LogP contribution in [-0.2, 0) is 16.2 Å². The molecule has 0 aliphatic carbocycles. The van der Waals surface area contributed by atoms with Gasteiger partial charge >= 0.3 is 6.03 Å². The van der Waals surface area contributed by atoms with Gasteiger partial charge in [0.05, 0.1) is 17.8 Å². The zero-order chi connectivity index (χ0) is 36.6. The normalized spacial score (nSPS) is 18.8. The molecule has 0 radical (unpaired) electrons. The monoisotopic (exact) mass is 743 g/mol. The Kier molecular flexibility index (Phi) is 9.41. The molecule has 4 amide bonds. The number of amides is 4. The summed E-state index contributed by atoms with van der Waals surface area (Å²) in [7, 11) is 1.48. The van der Waals surface area contributed by atoms with Crippen molar-refractivity contribution in [2.75, 3.05) is 30.0 Å². The number of carbonyl (C=O) groups excluding carboxylic acids is 3. The number of nitrogens with zero attached hydrogens (tertiary/aromatic N) is 2. The van der Waals surface area contributed by atoms with Crippen molar-refractivity contribution in [3.63, 3.8) is 0 Å². The van der Waals surface area contributed by atoms with Crippen LogP contribution in [0.1, 0.15) is 58.1 Å². The molecule has 0 spiro atoms. The smallest absolute Gasteiger partial charge is 0.335 e. The van der Waals surface area contributed by atoms with E-state index < -0.39 is 17.8 Å². The van der Waals surface area contributed by atoms with Crippen LogP contribution in [0, 0.1) is 0 Å². The van der Waals surface area contributed by atoms with Gasteiger partial charge in [0.2, 0.25) is 0 Å². The molecule has 3 aliphatic heterocycles. The van der Waals surface area contributed by atoms with Crippen molar-refractivity contribution in [2.24, 2.45) is 0 Å². The number of nitrogens with one attached hydrogen (secondary N) is 1. The van der Waals surface area contributed by atoms with Gasteiger partial charge in [-0.3, -0.25) is 14.9 Å². The van der Waals surface area contributed by atoms with E-state index in [1.807, 2.05) is 60.7 Å². The van der Waals surface area contributed by atoms with E-state index in [4.69, 9.17) is 32.7 Å². The molecule has 53 heavy (non-hydrogen) atoms. The molecule has 1 fully saturated rings. The summed E-state index contributed by atoms with van der Waals surface area (Å²) in [5, 5.41) is 3.24. The minimum absolute atomic E-state index is 0.0605. The van der Waals surface area contributed by atoms with Crippen molar-refractivity contribution in [1.29, 1.82) is 0 Å². The van der Waals surface area contributed by atoms with Gasteiger partial charge in [-0.25, -0.2) is 9.69 Å². The van der Waals surface area contributed by atoms with Crippen LogP contribution in [0.15, 0.2) is 115 Å². The third-order valence-electron chi connectivity index (χ3n) is 10.2. The molecule has 5 aromatic rings. The Morgan fingerprint density at radius 3 is 1.98 bits per heavy atom. The number of urea groups is 1. The summed E-state index contributed by atoms with van der Waals surface area (Å²) in [6.07, 6.45) is 3.20. The summed E-state index contributed by atoms with van der Waals surface area (Å²) in [6.45, 7) is 2.02. The standard InChI is InChI=1S/C43H35Cl2N3O5/c1-52-38-22-27(21-37(45)40(38)53-25-26-12-14-30(44)15-13-26)20-36-41(49)46-43(51)48(42(36)50)31-23-34-32(28-8-4-2-5-9-28)16-18-47-19-17-33(35(24-31)39(34)47)29-10-6-3-7-11-29/h2-15,20-24,32-33H,16-19,25H2,1H3,(H,46,49,51)/b36-20+/t32-,33-/m1/s1. The molecule has 3 aliphatic rings. The molecule has 2 atom stereocenters. The molecule has 3 heterocycles. The first-order valence-electron chi connectivity index (χ1n) is 17.5. The molecule has 5 aromatic carbocycles. The molecular formula is C43H35Cl2N3O5. The molecule has 8 nitrogen and oxygen atoms in total. The third kappa shape index (κ3) is 6.65. The number of imide groups is 2. The molecule has 0 unspecified atom stereocenters. The number of ether oxygens (including phenoxy) is 2. The maximum Gasteiger partial charge on any atom is 0.335 e. The van der Waals surface area contributed by atoms with Gasteiger partial charge in [0.15, 0.2) is 11.5 Å². The van der Waals surface area contributed by atoms with E-state index in [1.165, 1.54) is 24.3 Å². The first-order valence-corrected chi connectivity index (χ1v) is 18.2. The van der Waals surface area contributed by atoms with Crippen LogP contribution >= 0.6 is 23.2 Å². The topological polar surface area (TPSA) is 88.2 Å². The largest absolute Gasteiger partial charge is 0.493 e. The molecule has 0 saturated carbocycles. The number of carbonyl (C=O) groups is 3.